The largest absolute Gasteiger partial charge is 0.385 e. The monoisotopic (exact) mass is 198 g/mol. The van der Waals surface area contributed by atoms with Crippen molar-refractivity contribution in [2.75, 3.05) is 0 Å². The molecule has 0 aromatic rings. The van der Waals surface area contributed by atoms with E-state index < -0.39 is 20.1 Å². The van der Waals surface area contributed by atoms with Gasteiger partial charge in [0.05, 0.1) is 5.60 Å². The molecule has 1 rings (SSSR count). The molecular weight excluding hydrogens is 189 g/mol. The Morgan fingerprint density at radius 2 is 2.54 bits per heavy atom. The molecule has 3 unspecified atom stereocenters. The number of aliphatic hydroxyl groups is 1. The first-order chi connectivity index (χ1) is 6.11. The van der Waals surface area contributed by atoms with Crippen LogP contribution in [0.2, 0.25) is 0 Å². The number of allylic oxidation sites excluding steroid dienone is 2. The zero-order chi connectivity index (χ0) is 9.90. The van der Waals surface area contributed by atoms with Crippen LogP contribution in [0.25, 0.3) is 10.4 Å². The van der Waals surface area contributed by atoms with Crippen molar-refractivity contribution in [3.05, 3.63) is 34.0 Å². The van der Waals surface area contributed by atoms with Crippen LogP contribution in [0.1, 0.15) is 6.92 Å². The van der Waals surface area contributed by atoms with Gasteiger partial charge in [0.1, 0.15) is 6.04 Å². The highest BCUT2D eigenvalue weighted by Gasteiger charge is 2.37. The Kier molecular flexibility index (Phi) is 2.83. The van der Waals surface area contributed by atoms with Crippen LogP contribution in [0.15, 0.2) is 28.7 Å². The van der Waals surface area contributed by atoms with E-state index in [1.54, 1.807) is 12.2 Å². The SMILES string of the molecule is CC1(O)C=CC=C([PH+]=O)C1N=[N+]=[N-]. The number of rotatable bonds is 2. The first kappa shape index (κ1) is 9.93. The molecule has 13 heavy (non-hydrogen) atoms. The molecule has 1 aliphatic carbocycles. The fraction of sp³-hybridized carbons (Fsp3) is 0.429. The Bertz CT molecular complexity index is 329. The van der Waals surface area contributed by atoms with Gasteiger partial charge in [0.15, 0.2) is 5.31 Å². The van der Waals surface area contributed by atoms with Crippen molar-refractivity contribution in [2.45, 2.75) is 18.6 Å². The lowest BCUT2D eigenvalue weighted by molar-refractivity contribution is 0.0951. The van der Waals surface area contributed by atoms with E-state index in [-0.39, 0.29) is 0 Å². The van der Waals surface area contributed by atoms with Crippen molar-refractivity contribution >= 4 is 8.46 Å². The van der Waals surface area contributed by atoms with Gasteiger partial charge in [0, 0.05) is 4.91 Å². The van der Waals surface area contributed by atoms with Crippen molar-refractivity contribution in [1.82, 2.24) is 0 Å². The van der Waals surface area contributed by atoms with Gasteiger partial charge in [0.2, 0.25) is 0 Å². The van der Waals surface area contributed by atoms with Crippen LogP contribution in [0.5, 0.6) is 0 Å². The van der Waals surface area contributed by atoms with Crippen LogP contribution in [0.4, 0.5) is 0 Å². The summed E-state index contributed by atoms with van der Waals surface area (Å²) in [7, 11) is -0.701. The molecule has 0 saturated heterocycles. The summed E-state index contributed by atoms with van der Waals surface area (Å²) in [4.78, 5) is 2.61. The van der Waals surface area contributed by atoms with Gasteiger partial charge in [-0.25, -0.2) is 0 Å². The van der Waals surface area contributed by atoms with E-state index in [4.69, 9.17) is 5.53 Å². The van der Waals surface area contributed by atoms with Gasteiger partial charge in [-0.2, -0.15) is 0 Å². The van der Waals surface area contributed by atoms with Gasteiger partial charge in [0.25, 0.3) is 0 Å². The predicted octanol–water partition coefficient (Wildman–Crippen LogP) is 1.89. The van der Waals surface area contributed by atoms with Crippen molar-refractivity contribution in [2.24, 2.45) is 5.11 Å². The maximum atomic E-state index is 10.7. The summed E-state index contributed by atoms with van der Waals surface area (Å²) in [6.07, 6.45) is 4.70. The highest BCUT2D eigenvalue weighted by atomic mass is 31.1. The second kappa shape index (κ2) is 3.71. The molecule has 1 aliphatic rings. The lowest BCUT2D eigenvalue weighted by atomic mass is 9.92. The lowest BCUT2D eigenvalue weighted by Crippen LogP contribution is -2.37. The average Bonchev–Trinajstić information content (AvgIpc) is 2.08. The van der Waals surface area contributed by atoms with Crippen molar-refractivity contribution in [1.29, 1.82) is 0 Å². The molecule has 68 valence electrons. The van der Waals surface area contributed by atoms with E-state index in [2.05, 4.69) is 10.0 Å². The zero-order valence-electron chi connectivity index (χ0n) is 7.01. The van der Waals surface area contributed by atoms with Crippen molar-refractivity contribution in [3.63, 3.8) is 0 Å². The fourth-order valence-corrected chi connectivity index (χ4v) is 1.79. The summed E-state index contributed by atoms with van der Waals surface area (Å²) in [5.41, 5.74) is 7.02. The molecule has 0 bridgehead atoms. The van der Waals surface area contributed by atoms with Crippen molar-refractivity contribution in [3.8, 4) is 0 Å². The molecule has 0 fully saturated rings. The van der Waals surface area contributed by atoms with Gasteiger partial charge in [-0.3, -0.25) is 0 Å². The Morgan fingerprint density at radius 1 is 1.85 bits per heavy atom. The maximum absolute atomic E-state index is 10.7. The van der Waals surface area contributed by atoms with Gasteiger partial charge in [-0.05, 0) is 18.5 Å². The molecule has 0 radical (unpaired) electrons. The molecule has 6 heteroatoms. The number of hydrogen-bond donors (Lipinski definition) is 1. The van der Waals surface area contributed by atoms with E-state index in [9.17, 15) is 9.67 Å². The Hall–Kier alpha value is -1.15. The normalized spacial score (nSPS) is 32.5. The second-order valence-electron chi connectivity index (χ2n) is 2.92. The molecule has 0 heterocycles. The van der Waals surface area contributed by atoms with Gasteiger partial charge >= 0.3 is 8.46 Å². The highest BCUT2D eigenvalue weighted by molar-refractivity contribution is 7.29. The summed E-state index contributed by atoms with van der Waals surface area (Å²) in [6, 6.07) is -0.765. The maximum Gasteiger partial charge on any atom is 0.359 e. The standard InChI is InChI=1S/C7H8N3O2P/c1-7(11)4-2-3-5(13-12)6(7)9-10-8/h2-4,6,11H,1H3/p+1. The number of azide groups is 1. The minimum Gasteiger partial charge on any atom is -0.385 e. The zero-order valence-corrected chi connectivity index (χ0v) is 8.01. The van der Waals surface area contributed by atoms with E-state index in [1.807, 2.05) is 0 Å². The molecule has 0 spiro atoms. The smallest absolute Gasteiger partial charge is 0.359 e. The molecular formula is C7H9N3O2P+. The van der Waals surface area contributed by atoms with Crippen LogP contribution < -0.4 is 0 Å². The molecule has 3 atom stereocenters. The van der Waals surface area contributed by atoms with Crippen LogP contribution in [-0.4, -0.2) is 16.7 Å². The Balaban J connectivity index is 3.10. The van der Waals surface area contributed by atoms with Crippen LogP contribution in [0, 0.1) is 0 Å². The van der Waals surface area contributed by atoms with Gasteiger partial charge in [-0.1, -0.05) is 21.8 Å². The van der Waals surface area contributed by atoms with E-state index >= 15 is 0 Å². The molecule has 0 aromatic heterocycles. The first-order valence-corrected chi connectivity index (χ1v) is 4.57. The third-order valence-corrected chi connectivity index (χ3v) is 2.52. The minimum absolute atomic E-state index is 0.435. The van der Waals surface area contributed by atoms with Crippen LogP contribution in [0.3, 0.4) is 0 Å². The fourth-order valence-electron chi connectivity index (χ4n) is 1.16. The molecule has 0 aliphatic heterocycles. The van der Waals surface area contributed by atoms with Crippen LogP contribution in [-0.2, 0) is 4.57 Å². The second-order valence-corrected chi connectivity index (χ2v) is 3.70. The lowest BCUT2D eigenvalue weighted by Gasteiger charge is -2.25. The summed E-state index contributed by atoms with van der Waals surface area (Å²) in [5, 5.41) is 13.6. The molecule has 0 saturated carbocycles. The molecule has 0 aromatic carbocycles. The third kappa shape index (κ3) is 1.95. The van der Waals surface area contributed by atoms with Gasteiger partial charge < -0.3 is 5.11 Å². The highest BCUT2D eigenvalue weighted by Crippen LogP contribution is 2.32. The topological polar surface area (TPSA) is 86.1 Å². The van der Waals surface area contributed by atoms with Crippen molar-refractivity contribution < 1.29 is 9.67 Å². The first-order valence-electron chi connectivity index (χ1n) is 3.66. The number of nitrogens with zero attached hydrogens (tertiary/aromatic N) is 3. The summed E-state index contributed by atoms with van der Waals surface area (Å²) < 4.78 is 10.7. The summed E-state index contributed by atoms with van der Waals surface area (Å²) in [6.45, 7) is 1.51. The van der Waals surface area contributed by atoms with E-state index in [1.165, 1.54) is 13.0 Å². The summed E-state index contributed by atoms with van der Waals surface area (Å²) >= 11 is 0. The Labute approximate surface area is 76.6 Å². The predicted molar refractivity (Wildman–Crippen MR) is 49.8 cm³/mol. The number of hydrogen-bond acceptors (Lipinski definition) is 3. The molecule has 1 N–H and O–H groups in total. The van der Waals surface area contributed by atoms with Gasteiger partial charge in [-0.15, -0.1) is 0 Å². The molecule has 0 amide bonds. The molecule has 5 nitrogen and oxygen atoms in total. The average molecular weight is 198 g/mol. The van der Waals surface area contributed by atoms with E-state index in [0.29, 0.717) is 5.31 Å². The Morgan fingerprint density at radius 3 is 3.08 bits per heavy atom. The quantitative estimate of drug-likeness (QED) is 0.318. The summed E-state index contributed by atoms with van der Waals surface area (Å²) in [5.74, 6) is 0. The van der Waals surface area contributed by atoms with E-state index in [0.717, 1.165) is 0 Å². The third-order valence-electron chi connectivity index (χ3n) is 1.84. The minimum atomic E-state index is -1.24. The van der Waals surface area contributed by atoms with Crippen LogP contribution >= 0.6 is 8.46 Å².